The van der Waals surface area contributed by atoms with Crippen molar-refractivity contribution in [3.05, 3.63) is 279 Å². The lowest BCUT2D eigenvalue weighted by molar-refractivity contribution is 1.18. The largest absolute Gasteiger partial charge is 0.311 e. The molecule has 13 aromatic rings. The summed E-state index contributed by atoms with van der Waals surface area (Å²) >= 11 is 0. The first kappa shape index (κ1) is 43.5. The van der Waals surface area contributed by atoms with Gasteiger partial charge < -0.3 is 9.47 Å². The molecule has 1 heterocycles. The standard InChI is InChI=1S/C71H50N2/c1-3-15-63-60(4-2)66-45-38-55(47-69(66)65-22-8-7-21-64(63)65)51-36-43-58(44-37-51)72(56-39-32-49(33-40-56)48-28-30-53(31-29-48)62-25-14-17-52-16-5-6-20-61(52)62)57-41-34-50(35-42-57)54-18-13-19-59(46-54)73-70-26-11-9-23-67(70)68-24-10-12-27-71(68)73/h3-47H,2H2,1H3/b15-3-. The third-order valence-electron chi connectivity index (χ3n) is 14.7. The second-order valence-electron chi connectivity index (χ2n) is 18.8. The molecule has 0 saturated heterocycles. The van der Waals surface area contributed by atoms with E-state index in [0.29, 0.717) is 0 Å². The molecule has 0 unspecified atom stereocenters. The Kier molecular flexibility index (Phi) is 10.9. The molecule has 12 aromatic carbocycles. The number of para-hydroxylation sites is 2. The van der Waals surface area contributed by atoms with E-state index in [2.05, 4.69) is 290 Å². The number of aromatic nitrogens is 1. The number of nitrogens with zero attached hydrogens (tertiary/aromatic N) is 2. The Balaban J connectivity index is 0.865. The third-order valence-corrected chi connectivity index (χ3v) is 14.7. The van der Waals surface area contributed by atoms with E-state index in [1.54, 1.807) is 0 Å². The number of hydrogen-bond acceptors (Lipinski definition) is 1. The first-order valence-electron chi connectivity index (χ1n) is 25.1. The zero-order valence-corrected chi connectivity index (χ0v) is 40.6. The van der Waals surface area contributed by atoms with Crippen molar-refractivity contribution in [2.45, 2.75) is 6.92 Å². The van der Waals surface area contributed by atoms with Crippen LogP contribution in [0.1, 0.15) is 18.1 Å². The molecule has 0 aliphatic carbocycles. The van der Waals surface area contributed by atoms with Crippen LogP contribution in [0.25, 0.3) is 116 Å². The van der Waals surface area contributed by atoms with Gasteiger partial charge in [-0.3, -0.25) is 0 Å². The van der Waals surface area contributed by atoms with Gasteiger partial charge in [0.15, 0.2) is 0 Å². The van der Waals surface area contributed by atoms with E-state index in [-0.39, 0.29) is 0 Å². The Morgan fingerprint density at radius 2 is 0.795 bits per heavy atom. The smallest absolute Gasteiger partial charge is 0.0541 e. The second kappa shape index (κ2) is 18.4. The summed E-state index contributed by atoms with van der Waals surface area (Å²) in [7, 11) is 0. The van der Waals surface area contributed by atoms with Gasteiger partial charge in [0.05, 0.1) is 11.0 Å². The number of fused-ring (bicyclic) bond motifs is 7. The topological polar surface area (TPSA) is 8.17 Å². The van der Waals surface area contributed by atoms with Gasteiger partial charge in [0.2, 0.25) is 0 Å². The maximum Gasteiger partial charge on any atom is 0.0541 e. The van der Waals surface area contributed by atoms with Crippen molar-refractivity contribution in [3.8, 4) is 50.2 Å². The van der Waals surface area contributed by atoms with E-state index in [9.17, 15) is 0 Å². The number of benzene rings is 12. The molecule has 0 amide bonds. The fraction of sp³-hybridized carbons (Fsp3) is 0.0141. The molecule has 0 fully saturated rings. The van der Waals surface area contributed by atoms with Crippen LogP contribution in [-0.2, 0) is 0 Å². The molecule has 0 atom stereocenters. The van der Waals surface area contributed by atoms with Crippen LogP contribution in [0.2, 0.25) is 0 Å². The predicted octanol–water partition coefficient (Wildman–Crippen LogP) is 20.1. The average Bonchev–Trinajstić information content (AvgIpc) is 3.80. The maximum atomic E-state index is 4.24. The minimum atomic E-state index is 1.08. The van der Waals surface area contributed by atoms with Gasteiger partial charge >= 0.3 is 0 Å². The quantitative estimate of drug-likeness (QED) is 0.124. The van der Waals surface area contributed by atoms with E-state index in [1.807, 2.05) is 6.08 Å². The summed E-state index contributed by atoms with van der Waals surface area (Å²) in [5.41, 5.74) is 18.6. The lowest BCUT2D eigenvalue weighted by Gasteiger charge is -2.26. The summed E-state index contributed by atoms with van der Waals surface area (Å²) in [4.78, 5) is 2.36. The third kappa shape index (κ3) is 7.69. The van der Waals surface area contributed by atoms with Crippen molar-refractivity contribution in [1.29, 1.82) is 0 Å². The van der Waals surface area contributed by atoms with Crippen molar-refractivity contribution in [1.82, 2.24) is 4.57 Å². The first-order chi connectivity index (χ1) is 36.1. The van der Waals surface area contributed by atoms with Crippen LogP contribution in [0.4, 0.5) is 17.1 Å². The summed E-state index contributed by atoms with van der Waals surface area (Å²) < 4.78 is 2.39. The number of allylic oxidation sites excluding steroid dienone is 1. The lowest BCUT2D eigenvalue weighted by Crippen LogP contribution is -2.09. The van der Waals surface area contributed by atoms with Crippen molar-refractivity contribution >= 4 is 83.3 Å². The normalized spacial score (nSPS) is 11.6. The van der Waals surface area contributed by atoms with Gasteiger partial charge in [-0.15, -0.1) is 0 Å². The van der Waals surface area contributed by atoms with E-state index < -0.39 is 0 Å². The van der Waals surface area contributed by atoms with Crippen LogP contribution < -0.4 is 4.90 Å². The molecule has 2 nitrogen and oxygen atoms in total. The van der Waals surface area contributed by atoms with Crippen LogP contribution in [0, 0.1) is 0 Å². The van der Waals surface area contributed by atoms with Crippen molar-refractivity contribution in [3.63, 3.8) is 0 Å². The van der Waals surface area contributed by atoms with E-state index in [4.69, 9.17) is 0 Å². The fourth-order valence-corrected chi connectivity index (χ4v) is 11.2. The number of anilines is 3. The molecule has 2 heteroatoms. The van der Waals surface area contributed by atoms with E-state index >= 15 is 0 Å². The Bertz CT molecular complexity index is 4190. The molecule has 344 valence electrons. The predicted molar refractivity (Wildman–Crippen MR) is 315 cm³/mol. The highest BCUT2D eigenvalue weighted by Crippen LogP contribution is 2.41. The minimum Gasteiger partial charge on any atom is -0.311 e. The maximum absolute atomic E-state index is 4.24. The molecule has 0 N–H and O–H groups in total. The van der Waals surface area contributed by atoms with Gasteiger partial charge in [-0.25, -0.2) is 0 Å². The molecule has 0 spiro atoms. The molecule has 0 saturated carbocycles. The van der Waals surface area contributed by atoms with Gasteiger partial charge in [0.1, 0.15) is 0 Å². The molecule has 1 aromatic heterocycles. The Morgan fingerprint density at radius 1 is 0.342 bits per heavy atom. The molecule has 0 aliphatic heterocycles. The average molecular weight is 931 g/mol. The monoisotopic (exact) mass is 930 g/mol. The summed E-state index contributed by atoms with van der Waals surface area (Å²) in [6.07, 6.45) is 6.31. The van der Waals surface area contributed by atoms with Gasteiger partial charge in [-0.05, 0) is 162 Å². The molecule has 0 radical (unpaired) electrons. The Morgan fingerprint density at radius 3 is 1.40 bits per heavy atom. The molecule has 73 heavy (non-hydrogen) atoms. The van der Waals surface area contributed by atoms with E-state index in [1.165, 1.54) is 93.1 Å². The molecule has 0 aliphatic rings. The molecular weight excluding hydrogens is 881 g/mol. The highest BCUT2D eigenvalue weighted by molar-refractivity contribution is 6.16. The lowest BCUT2D eigenvalue weighted by atomic mass is 9.89. The van der Waals surface area contributed by atoms with Gasteiger partial charge in [0.25, 0.3) is 0 Å². The Labute approximate surface area is 426 Å². The minimum absolute atomic E-state index is 1.08. The van der Waals surface area contributed by atoms with Crippen molar-refractivity contribution in [2.75, 3.05) is 4.90 Å². The SMILES string of the molecule is C=Cc1c(/C=C\C)c2ccccc2c2cc(-c3ccc(N(c4ccc(-c5ccc(-c6cccc7ccccc67)cc5)cc4)c4ccc(-c5cccc(-n6c7ccccc7c7ccccc76)c5)cc4)cc3)ccc12. The zero-order valence-electron chi connectivity index (χ0n) is 40.6. The first-order valence-corrected chi connectivity index (χ1v) is 25.1. The fourth-order valence-electron chi connectivity index (χ4n) is 11.2. The summed E-state index contributed by atoms with van der Waals surface area (Å²) in [6, 6.07) is 93.0. The Hall–Kier alpha value is -9.50. The van der Waals surface area contributed by atoms with E-state index in [0.717, 1.165) is 39.4 Å². The number of rotatable bonds is 10. The van der Waals surface area contributed by atoms with Gasteiger partial charge in [-0.1, -0.05) is 213 Å². The summed E-state index contributed by atoms with van der Waals surface area (Å²) in [5, 5.41) is 9.95. The van der Waals surface area contributed by atoms with Crippen LogP contribution in [-0.4, -0.2) is 4.57 Å². The number of hydrogen-bond donors (Lipinski definition) is 0. The summed E-state index contributed by atoms with van der Waals surface area (Å²) in [6.45, 7) is 6.32. The zero-order chi connectivity index (χ0) is 48.8. The highest BCUT2D eigenvalue weighted by atomic mass is 15.1. The van der Waals surface area contributed by atoms with Crippen LogP contribution >= 0.6 is 0 Å². The van der Waals surface area contributed by atoms with Crippen molar-refractivity contribution in [2.24, 2.45) is 0 Å². The molecule has 13 rings (SSSR count). The summed E-state index contributed by atoms with van der Waals surface area (Å²) in [5.74, 6) is 0. The highest BCUT2D eigenvalue weighted by Gasteiger charge is 2.17. The molecular formula is C71H50N2. The second-order valence-corrected chi connectivity index (χ2v) is 18.8. The molecule has 0 bridgehead atoms. The van der Waals surface area contributed by atoms with Crippen LogP contribution in [0.15, 0.2) is 267 Å². The van der Waals surface area contributed by atoms with Crippen LogP contribution in [0.5, 0.6) is 0 Å². The van der Waals surface area contributed by atoms with Gasteiger partial charge in [-0.2, -0.15) is 0 Å². The van der Waals surface area contributed by atoms with Gasteiger partial charge in [0, 0.05) is 33.5 Å². The van der Waals surface area contributed by atoms with Crippen LogP contribution in [0.3, 0.4) is 0 Å². The van der Waals surface area contributed by atoms with Crippen molar-refractivity contribution < 1.29 is 0 Å².